The Hall–Kier alpha value is -1.93. The molecule has 2 aromatic carbocycles. The summed E-state index contributed by atoms with van der Waals surface area (Å²) in [4.78, 5) is 12.1. The van der Waals surface area contributed by atoms with Crippen molar-refractivity contribution in [2.75, 3.05) is 0 Å². The number of carbonyl (C=O) groups is 1. The zero-order chi connectivity index (χ0) is 12.6. The van der Waals surface area contributed by atoms with Crippen molar-refractivity contribution in [1.29, 1.82) is 0 Å². The van der Waals surface area contributed by atoms with Crippen LogP contribution in [0.4, 0.5) is 0 Å². The molecule has 1 saturated carbocycles. The van der Waals surface area contributed by atoms with Gasteiger partial charge in [-0.2, -0.15) is 0 Å². The maximum Gasteiger partial charge on any atom is 0.182 e. The first-order valence-electron chi connectivity index (χ1n) is 6.18. The third-order valence-corrected chi connectivity index (χ3v) is 3.50. The molecule has 1 fully saturated rings. The first-order chi connectivity index (χ1) is 8.69. The van der Waals surface area contributed by atoms with Crippen molar-refractivity contribution in [3.63, 3.8) is 0 Å². The van der Waals surface area contributed by atoms with Crippen molar-refractivity contribution in [1.82, 2.24) is 0 Å². The van der Waals surface area contributed by atoms with Crippen molar-refractivity contribution < 1.29 is 4.79 Å². The van der Waals surface area contributed by atoms with Crippen LogP contribution in [0.25, 0.3) is 11.1 Å². The summed E-state index contributed by atoms with van der Waals surface area (Å²) in [5.41, 5.74) is 8.34. The second-order valence-corrected chi connectivity index (χ2v) is 4.93. The van der Waals surface area contributed by atoms with Crippen molar-refractivity contribution in [3.05, 3.63) is 60.2 Å². The van der Waals surface area contributed by atoms with Gasteiger partial charge < -0.3 is 5.73 Å². The summed E-state index contributed by atoms with van der Waals surface area (Å²) >= 11 is 0. The molecule has 0 spiro atoms. The van der Waals surface area contributed by atoms with Crippen LogP contribution >= 0.6 is 0 Å². The van der Waals surface area contributed by atoms with Gasteiger partial charge in [-0.05, 0) is 24.0 Å². The van der Waals surface area contributed by atoms with E-state index in [-0.39, 0.29) is 5.78 Å². The van der Waals surface area contributed by atoms with E-state index in [4.69, 9.17) is 5.73 Å². The van der Waals surface area contributed by atoms with Gasteiger partial charge in [0.2, 0.25) is 0 Å². The second kappa shape index (κ2) is 4.07. The molecule has 0 heterocycles. The number of hydrogen-bond acceptors (Lipinski definition) is 2. The van der Waals surface area contributed by atoms with Crippen LogP contribution in [-0.2, 0) is 0 Å². The average Bonchev–Trinajstić information content (AvgIpc) is 3.18. The van der Waals surface area contributed by atoms with E-state index in [9.17, 15) is 4.79 Å². The van der Waals surface area contributed by atoms with Crippen molar-refractivity contribution in [2.24, 2.45) is 5.73 Å². The Bertz CT molecular complexity index is 568. The molecule has 0 amide bonds. The summed E-state index contributed by atoms with van der Waals surface area (Å²) in [7, 11) is 0. The van der Waals surface area contributed by atoms with Gasteiger partial charge in [0, 0.05) is 5.56 Å². The van der Waals surface area contributed by atoms with Crippen LogP contribution < -0.4 is 5.73 Å². The quantitative estimate of drug-likeness (QED) is 0.834. The summed E-state index contributed by atoms with van der Waals surface area (Å²) < 4.78 is 0. The lowest BCUT2D eigenvalue weighted by Gasteiger charge is -2.08. The lowest BCUT2D eigenvalue weighted by atomic mass is 9.99. The van der Waals surface area contributed by atoms with Crippen LogP contribution in [0.5, 0.6) is 0 Å². The number of carbonyl (C=O) groups excluding carboxylic acids is 1. The Balaban J connectivity index is 1.88. The maximum atomic E-state index is 12.1. The molecule has 0 aliphatic heterocycles. The van der Waals surface area contributed by atoms with Gasteiger partial charge in [-0.1, -0.05) is 54.6 Å². The van der Waals surface area contributed by atoms with Gasteiger partial charge in [0.1, 0.15) is 0 Å². The monoisotopic (exact) mass is 237 g/mol. The van der Waals surface area contributed by atoms with Crippen LogP contribution in [-0.4, -0.2) is 11.3 Å². The first kappa shape index (κ1) is 11.2. The molecule has 2 N–H and O–H groups in total. The standard InChI is InChI=1S/C16H15NO/c17-16(10-11-16)15(18)14-8-6-13(7-9-14)12-4-2-1-3-5-12/h1-9H,10-11,17H2. The Morgan fingerprint density at radius 1 is 0.889 bits per heavy atom. The third-order valence-electron chi connectivity index (χ3n) is 3.50. The van der Waals surface area contributed by atoms with E-state index < -0.39 is 5.54 Å². The van der Waals surface area contributed by atoms with E-state index in [1.807, 2.05) is 42.5 Å². The van der Waals surface area contributed by atoms with Crippen LogP contribution in [0.1, 0.15) is 23.2 Å². The van der Waals surface area contributed by atoms with Crippen LogP contribution in [0, 0.1) is 0 Å². The summed E-state index contributed by atoms with van der Waals surface area (Å²) in [6.07, 6.45) is 1.62. The number of benzene rings is 2. The predicted molar refractivity (Wildman–Crippen MR) is 72.4 cm³/mol. The molecule has 1 aliphatic rings. The largest absolute Gasteiger partial charge is 0.319 e. The van der Waals surface area contributed by atoms with E-state index in [1.165, 1.54) is 0 Å². The molecule has 0 aromatic heterocycles. The minimum Gasteiger partial charge on any atom is -0.319 e. The molecule has 0 radical (unpaired) electrons. The molecule has 0 atom stereocenters. The van der Waals surface area contributed by atoms with E-state index in [2.05, 4.69) is 12.1 Å². The van der Waals surface area contributed by atoms with E-state index in [0.29, 0.717) is 0 Å². The molecular weight excluding hydrogens is 222 g/mol. The molecule has 18 heavy (non-hydrogen) atoms. The zero-order valence-corrected chi connectivity index (χ0v) is 10.1. The van der Waals surface area contributed by atoms with E-state index >= 15 is 0 Å². The summed E-state index contributed by atoms with van der Waals surface area (Å²) in [5.74, 6) is 0.0714. The third kappa shape index (κ3) is 1.95. The highest BCUT2D eigenvalue weighted by Crippen LogP contribution is 2.35. The van der Waals surface area contributed by atoms with Crippen molar-refractivity contribution in [3.8, 4) is 11.1 Å². The second-order valence-electron chi connectivity index (χ2n) is 4.93. The molecule has 2 nitrogen and oxygen atoms in total. The zero-order valence-electron chi connectivity index (χ0n) is 10.1. The maximum absolute atomic E-state index is 12.1. The Labute approximate surface area is 106 Å². The number of rotatable bonds is 3. The first-order valence-corrected chi connectivity index (χ1v) is 6.18. The smallest absolute Gasteiger partial charge is 0.182 e. The number of nitrogens with two attached hydrogens (primary N) is 1. The van der Waals surface area contributed by atoms with Crippen LogP contribution in [0.15, 0.2) is 54.6 Å². The Morgan fingerprint density at radius 3 is 2.00 bits per heavy atom. The molecule has 90 valence electrons. The number of Topliss-reactive ketones (excluding diaryl/α,β-unsaturated/α-hetero) is 1. The molecule has 2 aromatic rings. The lowest BCUT2D eigenvalue weighted by molar-refractivity contribution is 0.0949. The molecular formula is C16H15NO. The summed E-state index contributed by atoms with van der Waals surface area (Å²) in [6, 6.07) is 17.8. The van der Waals surface area contributed by atoms with Gasteiger partial charge in [-0.15, -0.1) is 0 Å². The van der Waals surface area contributed by atoms with Gasteiger partial charge >= 0.3 is 0 Å². The SMILES string of the molecule is NC1(C(=O)c2ccc(-c3ccccc3)cc2)CC1. The summed E-state index contributed by atoms with van der Waals surface area (Å²) in [6.45, 7) is 0. The topological polar surface area (TPSA) is 43.1 Å². The fraction of sp³-hybridized carbons (Fsp3) is 0.188. The van der Waals surface area contributed by atoms with Gasteiger partial charge in [0.25, 0.3) is 0 Å². The fourth-order valence-electron chi connectivity index (χ4n) is 2.09. The normalized spacial score (nSPS) is 16.3. The molecule has 2 heteroatoms. The van der Waals surface area contributed by atoms with Crippen molar-refractivity contribution >= 4 is 5.78 Å². The minimum absolute atomic E-state index is 0.0714. The fourth-order valence-corrected chi connectivity index (χ4v) is 2.09. The number of hydrogen-bond donors (Lipinski definition) is 1. The van der Waals surface area contributed by atoms with Crippen LogP contribution in [0.3, 0.4) is 0 Å². The Kier molecular flexibility index (Phi) is 2.53. The highest BCUT2D eigenvalue weighted by molar-refractivity contribution is 6.05. The lowest BCUT2D eigenvalue weighted by Crippen LogP contribution is -2.32. The average molecular weight is 237 g/mol. The van der Waals surface area contributed by atoms with E-state index in [1.54, 1.807) is 0 Å². The molecule has 0 saturated heterocycles. The summed E-state index contributed by atoms with van der Waals surface area (Å²) in [5, 5.41) is 0. The molecule has 0 bridgehead atoms. The van der Waals surface area contributed by atoms with Gasteiger partial charge in [-0.3, -0.25) is 4.79 Å². The minimum atomic E-state index is -0.575. The van der Waals surface area contributed by atoms with Gasteiger partial charge in [0.05, 0.1) is 5.54 Å². The van der Waals surface area contributed by atoms with Crippen molar-refractivity contribution in [2.45, 2.75) is 18.4 Å². The predicted octanol–water partition coefficient (Wildman–Crippen LogP) is 3.03. The highest BCUT2D eigenvalue weighted by Gasteiger charge is 2.45. The van der Waals surface area contributed by atoms with Gasteiger partial charge in [-0.25, -0.2) is 0 Å². The molecule has 1 aliphatic carbocycles. The number of ketones is 1. The van der Waals surface area contributed by atoms with E-state index in [0.717, 1.165) is 29.5 Å². The Morgan fingerprint density at radius 2 is 1.44 bits per heavy atom. The molecule has 0 unspecified atom stereocenters. The highest BCUT2D eigenvalue weighted by atomic mass is 16.1. The molecule has 3 rings (SSSR count). The van der Waals surface area contributed by atoms with Crippen LogP contribution in [0.2, 0.25) is 0 Å². The van der Waals surface area contributed by atoms with Gasteiger partial charge in [0.15, 0.2) is 5.78 Å².